The Bertz CT molecular complexity index is 779. The van der Waals surface area contributed by atoms with E-state index in [1.54, 1.807) is 0 Å². The first-order valence-electron chi connectivity index (χ1n) is 6.86. The number of halogens is 5. The van der Waals surface area contributed by atoms with E-state index in [-0.39, 0.29) is 10.7 Å². The minimum Gasteiger partial charge on any atom is -0.481 e. The number of carboxylic acid groups (broad SMARTS) is 1. The molecule has 1 aliphatic heterocycles. The third-order valence-corrected chi connectivity index (χ3v) is 4.17. The molecule has 1 unspecified atom stereocenters. The number of benzene rings is 1. The quantitative estimate of drug-likeness (QED) is 0.456. The monoisotopic (exact) mass is 395 g/mol. The third kappa shape index (κ3) is 4.56. The Kier molecular flexibility index (Phi) is 5.64. The number of carboxylic acids is 1. The number of aliphatic carboxylic acids is 1. The predicted octanol–water partition coefficient (Wildman–Crippen LogP) is 2.74. The molecule has 26 heavy (non-hydrogen) atoms. The lowest BCUT2D eigenvalue weighted by atomic mass is 10.1. The van der Waals surface area contributed by atoms with Gasteiger partial charge in [0, 0.05) is 5.56 Å². The Balaban J connectivity index is 2.11. The number of amidine groups is 1. The highest BCUT2D eigenvalue weighted by molar-refractivity contribution is 8.15. The van der Waals surface area contributed by atoms with E-state index in [1.165, 1.54) is 6.07 Å². The van der Waals surface area contributed by atoms with Gasteiger partial charge in [-0.2, -0.15) is 27.1 Å². The summed E-state index contributed by atoms with van der Waals surface area (Å²) in [7, 11) is 0. The number of nitrogens with zero attached hydrogens (tertiary/aromatic N) is 2. The molecule has 0 aromatic heterocycles. The average molecular weight is 395 g/mol. The lowest BCUT2D eigenvalue weighted by Crippen LogP contribution is -2.33. The molecule has 0 saturated carbocycles. The second-order valence-corrected chi connectivity index (χ2v) is 6.23. The van der Waals surface area contributed by atoms with Crippen molar-refractivity contribution < 1.29 is 36.6 Å². The van der Waals surface area contributed by atoms with E-state index in [1.807, 2.05) is 0 Å². The van der Waals surface area contributed by atoms with Crippen molar-refractivity contribution in [3.63, 3.8) is 0 Å². The third-order valence-electron chi connectivity index (χ3n) is 3.10. The van der Waals surface area contributed by atoms with Crippen LogP contribution in [0.25, 0.3) is 0 Å². The first-order valence-corrected chi connectivity index (χ1v) is 7.74. The van der Waals surface area contributed by atoms with Crippen molar-refractivity contribution in [2.24, 2.45) is 10.2 Å². The van der Waals surface area contributed by atoms with Crippen LogP contribution >= 0.6 is 11.8 Å². The van der Waals surface area contributed by atoms with Gasteiger partial charge in [0.05, 0.1) is 12.6 Å². The summed E-state index contributed by atoms with van der Waals surface area (Å²) in [5.74, 6) is -6.76. The fourth-order valence-corrected chi connectivity index (χ4v) is 2.79. The molecule has 0 radical (unpaired) electrons. The van der Waals surface area contributed by atoms with Crippen LogP contribution in [-0.4, -0.2) is 39.8 Å². The van der Waals surface area contributed by atoms with Crippen LogP contribution in [0.4, 0.5) is 22.0 Å². The van der Waals surface area contributed by atoms with Crippen LogP contribution in [-0.2, 0) is 15.5 Å². The standard InChI is InChI=1S/C14H10F5N3O3S/c15-13(16,14(17,18)19)8-3-1-2-7(4-8)6-20-22-12-21-11(25)9(26-12)5-10(23)24/h1-4,6,9H,5H2,(H,23,24)(H,21,22,25). The SMILES string of the molecule is O=C(O)CC1SC(=NN=Cc2cccc(C(F)(F)C(F)(F)F)c2)NC1=O. The normalized spacial score (nSPS) is 20.0. The van der Waals surface area contributed by atoms with Gasteiger partial charge in [-0.05, 0) is 11.6 Å². The Morgan fingerprint density at radius 2 is 2.00 bits per heavy atom. The first kappa shape index (κ1) is 19.8. The van der Waals surface area contributed by atoms with Crippen molar-refractivity contribution in [3.8, 4) is 0 Å². The van der Waals surface area contributed by atoms with Crippen molar-refractivity contribution in [1.82, 2.24) is 5.32 Å². The highest BCUT2D eigenvalue weighted by Gasteiger charge is 2.58. The molecule has 0 bridgehead atoms. The van der Waals surface area contributed by atoms with Gasteiger partial charge in [0.15, 0.2) is 5.17 Å². The molecule has 6 nitrogen and oxygen atoms in total. The number of alkyl halides is 5. The van der Waals surface area contributed by atoms with Crippen LogP contribution in [0.3, 0.4) is 0 Å². The maximum atomic E-state index is 13.3. The molecule has 1 fully saturated rings. The van der Waals surface area contributed by atoms with E-state index < -0.39 is 41.2 Å². The topological polar surface area (TPSA) is 91.1 Å². The van der Waals surface area contributed by atoms with Crippen LogP contribution < -0.4 is 5.32 Å². The molecule has 0 aliphatic carbocycles. The van der Waals surface area contributed by atoms with E-state index in [2.05, 4.69) is 15.5 Å². The zero-order valence-electron chi connectivity index (χ0n) is 12.6. The van der Waals surface area contributed by atoms with Crippen LogP contribution in [0.15, 0.2) is 34.5 Å². The van der Waals surface area contributed by atoms with E-state index in [4.69, 9.17) is 5.11 Å². The summed E-state index contributed by atoms with van der Waals surface area (Å²) in [5.41, 5.74) is -1.31. The summed E-state index contributed by atoms with van der Waals surface area (Å²) >= 11 is 0.819. The van der Waals surface area contributed by atoms with Crippen molar-refractivity contribution in [1.29, 1.82) is 0 Å². The van der Waals surface area contributed by atoms with Crippen LogP contribution in [0, 0.1) is 0 Å². The van der Waals surface area contributed by atoms with Crippen molar-refractivity contribution in [3.05, 3.63) is 35.4 Å². The van der Waals surface area contributed by atoms with Gasteiger partial charge in [0.1, 0.15) is 5.25 Å². The van der Waals surface area contributed by atoms with Crippen molar-refractivity contribution in [2.45, 2.75) is 23.8 Å². The van der Waals surface area contributed by atoms with Gasteiger partial charge in [-0.1, -0.05) is 30.0 Å². The molecule has 140 valence electrons. The molecule has 1 amide bonds. The minimum absolute atomic E-state index is 0.00530. The van der Waals surface area contributed by atoms with E-state index in [0.717, 1.165) is 24.0 Å². The Morgan fingerprint density at radius 3 is 2.62 bits per heavy atom. The van der Waals surface area contributed by atoms with Crippen LogP contribution in [0.2, 0.25) is 0 Å². The van der Waals surface area contributed by atoms with Crippen LogP contribution in [0.1, 0.15) is 17.5 Å². The number of hydrogen-bond acceptors (Lipinski definition) is 5. The van der Waals surface area contributed by atoms with Crippen molar-refractivity contribution in [2.75, 3.05) is 0 Å². The lowest BCUT2D eigenvalue weighted by molar-refractivity contribution is -0.289. The molecule has 1 aromatic carbocycles. The Hall–Kier alpha value is -2.50. The lowest BCUT2D eigenvalue weighted by Gasteiger charge is -2.19. The van der Waals surface area contributed by atoms with Gasteiger partial charge in [0.2, 0.25) is 5.91 Å². The van der Waals surface area contributed by atoms with E-state index in [9.17, 15) is 31.5 Å². The molecular formula is C14H10F5N3O3S. The molecule has 1 aromatic rings. The molecular weight excluding hydrogens is 385 g/mol. The maximum absolute atomic E-state index is 13.3. The van der Waals surface area contributed by atoms with Crippen LogP contribution in [0.5, 0.6) is 0 Å². The predicted molar refractivity (Wildman–Crippen MR) is 83.2 cm³/mol. The Morgan fingerprint density at radius 1 is 1.31 bits per heavy atom. The summed E-state index contributed by atoms with van der Waals surface area (Å²) in [4.78, 5) is 22.1. The molecule has 1 heterocycles. The number of thioether (sulfide) groups is 1. The largest absolute Gasteiger partial charge is 0.481 e. The zero-order valence-corrected chi connectivity index (χ0v) is 13.4. The fraction of sp³-hybridized carbons (Fsp3) is 0.286. The number of carbonyl (C=O) groups excluding carboxylic acids is 1. The maximum Gasteiger partial charge on any atom is 0.458 e. The van der Waals surface area contributed by atoms with Gasteiger partial charge in [0.25, 0.3) is 0 Å². The zero-order chi connectivity index (χ0) is 19.5. The molecule has 2 rings (SSSR count). The number of hydrogen-bond donors (Lipinski definition) is 2. The van der Waals surface area contributed by atoms with Gasteiger partial charge in [-0.15, -0.1) is 5.10 Å². The summed E-state index contributed by atoms with van der Waals surface area (Å²) in [5, 5.41) is 17.1. The summed E-state index contributed by atoms with van der Waals surface area (Å²) < 4.78 is 63.8. The van der Waals surface area contributed by atoms with E-state index in [0.29, 0.717) is 12.1 Å². The number of carbonyl (C=O) groups is 2. The highest BCUT2D eigenvalue weighted by atomic mass is 32.2. The fourth-order valence-electron chi connectivity index (χ4n) is 1.87. The smallest absolute Gasteiger partial charge is 0.458 e. The summed E-state index contributed by atoms with van der Waals surface area (Å²) in [6.07, 6.45) is -5.22. The molecule has 0 spiro atoms. The van der Waals surface area contributed by atoms with Gasteiger partial charge >= 0.3 is 18.1 Å². The van der Waals surface area contributed by atoms with Gasteiger partial charge in [-0.3, -0.25) is 9.59 Å². The number of amides is 1. The second-order valence-electron chi connectivity index (χ2n) is 5.04. The summed E-state index contributed by atoms with van der Waals surface area (Å²) in [6.45, 7) is 0. The molecule has 2 N–H and O–H groups in total. The van der Waals surface area contributed by atoms with Gasteiger partial charge in [-0.25, -0.2) is 0 Å². The van der Waals surface area contributed by atoms with Crippen molar-refractivity contribution >= 4 is 35.0 Å². The second kappa shape index (κ2) is 7.40. The number of rotatable bonds is 5. The molecule has 1 atom stereocenters. The first-order chi connectivity index (χ1) is 12.0. The average Bonchev–Trinajstić information content (AvgIpc) is 2.85. The Labute approximate surface area is 147 Å². The molecule has 12 heteroatoms. The molecule has 1 saturated heterocycles. The number of nitrogens with one attached hydrogen (secondary N) is 1. The van der Waals surface area contributed by atoms with E-state index >= 15 is 0 Å². The molecule has 1 aliphatic rings. The minimum atomic E-state index is -5.73. The van der Waals surface area contributed by atoms with Gasteiger partial charge < -0.3 is 10.4 Å². The highest BCUT2D eigenvalue weighted by Crippen LogP contribution is 2.43. The summed E-state index contributed by atoms with van der Waals surface area (Å²) in [6, 6.07) is 3.51.